The molecular formula is C13H18O3. The standard InChI is InChI=1S/C13H18O3/c1-2-15-11-5-3-4-10(8-11)13(14)7-6-12-9-16-12/h3-5,8,12-14H,2,6-7,9H2,1H3. The first-order valence-electron chi connectivity index (χ1n) is 5.82. The molecular weight excluding hydrogens is 204 g/mol. The summed E-state index contributed by atoms with van der Waals surface area (Å²) >= 11 is 0. The van der Waals surface area contributed by atoms with Gasteiger partial charge in [0.2, 0.25) is 0 Å². The molecule has 0 radical (unpaired) electrons. The molecule has 1 aromatic carbocycles. The van der Waals surface area contributed by atoms with E-state index in [9.17, 15) is 5.11 Å². The Bertz CT molecular complexity index is 334. The van der Waals surface area contributed by atoms with Crippen molar-refractivity contribution in [3.05, 3.63) is 29.8 Å². The molecule has 1 fully saturated rings. The van der Waals surface area contributed by atoms with Gasteiger partial charge in [-0.25, -0.2) is 0 Å². The first-order valence-corrected chi connectivity index (χ1v) is 5.82. The number of aliphatic hydroxyl groups is 1. The Balaban J connectivity index is 1.92. The summed E-state index contributed by atoms with van der Waals surface area (Å²) in [6.07, 6.45) is 1.65. The zero-order valence-corrected chi connectivity index (χ0v) is 9.56. The van der Waals surface area contributed by atoms with E-state index in [4.69, 9.17) is 9.47 Å². The summed E-state index contributed by atoms with van der Waals surface area (Å²) in [5.74, 6) is 0.821. The smallest absolute Gasteiger partial charge is 0.119 e. The van der Waals surface area contributed by atoms with E-state index in [1.165, 1.54) is 0 Å². The second-order valence-electron chi connectivity index (χ2n) is 4.05. The molecule has 1 aliphatic rings. The molecule has 0 amide bonds. The van der Waals surface area contributed by atoms with E-state index in [-0.39, 0.29) is 0 Å². The molecule has 3 heteroatoms. The summed E-state index contributed by atoms with van der Waals surface area (Å²) in [5.41, 5.74) is 0.923. The van der Waals surface area contributed by atoms with Crippen LogP contribution < -0.4 is 4.74 Å². The Hall–Kier alpha value is -1.06. The summed E-state index contributed by atoms with van der Waals surface area (Å²) in [6, 6.07) is 7.66. The lowest BCUT2D eigenvalue weighted by Gasteiger charge is -2.11. The van der Waals surface area contributed by atoms with Crippen molar-refractivity contribution in [3.63, 3.8) is 0 Å². The van der Waals surface area contributed by atoms with Gasteiger partial charge in [-0.2, -0.15) is 0 Å². The van der Waals surface area contributed by atoms with E-state index in [0.717, 1.165) is 30.8 Å². The topological polar surface area (TPSA) is 42.0 Å². The number of ether oxygens (including phenoxy) is 2. The van der Waals surface area contributed by atoms with Crippen LogP contribution in [-0.4, -0.2) is 24.4 Å². The van der Waals surface area contributed by atoms with Gasteiger partial charge in [0.25, 0.3) is 0 Å². The molecule has 0 aromatic heterocycles. The van der Waals surface area contributed by atoms with Gasteiger partial charge in [0, 0.05) is 0 Å². The van der Waals surface area contributed by atoms with E-state index in [1.54, 1.807) is 0 Å². The predicted molar refractivity (Wildman–Crippen MR) is 61.5 cm³/mol. The minimum Gasteiger partial charge on any atom is -0.494 e. The highest BCUT2D eigenvalue weighted by molar-refractivity contribution is 5.29. The summed E-state index contributed by atoms with van der Waals surface area (Å²) < 4.78 is 10.5. The third-order valence-electron chi connectivity index (χ3n) is 2.72. The van der Waals surface area contributed by atoms with Gasteiger partial charge in [-0.05, 0) is 37.5 Å². The van der Waals surface area contributed by atoms with E-state index in [1.807, 2.05) is 31.2 Å². The molecule has 1 aromatic rings. The highest BCUT2D eigenvalue weighted by atomic mass is 16.6. The van der Waals surface area contributed by atoms with Gasteiger partial charge in [0.15, 0.2) is 0 Å². The maximum Gasteiger partial charge on any atom is 0.119 e. The normalized spacial score (nSPS) is 20.5. The number of benzene rings is 1. The molecule has 88 valence electrons. The number of rotatable bonds is 6. The Labute approximate surface area is 96.0 Å². The molecule has 1 saturated heterocycles. The second-order valence-corrected chi connectivity index (χ2v) is 4.05. The van der Waals surface area contributed by atoms with Crippen LogP contribution in [0.15, 0.2) is 24.3 Å². The Kier molecular flexibility index (Phi) is 3.80. The van der Waals surface area contributed by atoms with Gasteiger partial charge in [-0.15, -0.1) is 0 Å². The first-order chi connectivity index (χ1) is 7.79. The Morgan fingerprint density at radius 3 is 3.06 bits per heavy atom. The van der Waals surface area contributed by atoms with Crippen LogP contribution in [0.1, 0.15) is 31.4 Å². The molecule has 1 heterocycles. The fraction of sp³-hybridized carbons (Fsp3) is 0.538. The van der Waals surface area contributed by atoms with Crippen molar-refractivity contribution in [1.82, 2.24) is 0 Å². The quantitative estimate of drug-likeness (QED) is 0.751. The third-order valence-corrected chi connectivity index (χ3v) is 2.72. The van der Waals surface area contributed by atoms with Crippen molar-refractivity contribution < 1.29 is 14.6 Å². The summed E-state index contributed by atoms with van der Waals surface area (Å²) in [5, 5.41) is 9.98. The average molecular weight is 222 g/mol. The minimum absolute atomic E-state index is 0.379. The van der Waals surface area contributed by atoms with Crippen LogP contribution in [0.25, 0.3) is 0 Å². The maximum atomic E-state index is 9.98. The lowest BCUT2D eigenvalue weighted by molar-refractivity contribution is 0.159. The van der Waals surface area contributed by atoms with E-state index >= 15 is 0 Å². The second kappa shape index (κ2) is 5.32. The van der Waals surface area contributed by atoms with Gasteiger partial charge < -0.3 is 14.6 Å². The fourth-order valence-electron chi connectivity index (χ4n) is 1.72. The van der Waals surface area contributed by atoms with Crippen LogP contribution in [0.3, 0.4) is 0 Å². The Morgan fingerprint density at radius 1 is 1.56 bits per heavy atom. The van der Waals surface area contributed by atoms with Crippen LogP contribution in [0.4, 0.5) is 0 Å². The van der Waals surface area contributed by atoms with Crippen molar-refractivity contribution in [2.45, 2.75) is 32.0 Å². The third kappa shape index (κ3) is 3.22. The summed E-state index contributed by atoms with van der Waals surface area (Å²) in [6.45, 7) is 3.45. The van der Waals surface area contributed by atoms with Crippen molar-refractivity contribution in [2.24, 2.45) is 0 Å². The molecule has 1 aliphatic heterocycles. The minimum atomic E-state index is -0.412. The van der Waals surface area contributed by atoms with Crippen molar-refractivity contribution in [3.8, 4) is 5.75 Å². The summed E-state index contributed by atoms with van der Waals surface area (Å²) in [7, 11) is 0. The number of hydrogen-bond acceptors (Lipinski definition) is 3. The lowest BCUT2D eigenvalue weighted by atomic mass is 10.0. The molecule has 2 unspecified atom stereocenters. The highest BCUT2D eigenvalue weighted by Gasteiger charge is 2.23. The van der Waals surface area contributed by atoms with E-state index in [0.29, 0.717) is 12.7 Å². The molecule has 2 rings (SSSR count). The van der Waals surface area contributed by atoms with Gasteiger partial charge in [0.1, 0.15) is 5.75 Å². The monoisotopic (exact) mass is 222 g/mol. The van der Waals surface area contributed by atoms with Gasteiger partial charge in [0.05, 0.1) is 25.4 Å². The zero-order chi connectivity index (χ0) is 11.4. The first kappa shape index (κ1) is 11.4. The van der Waals surface area contributed by atoms with Crippen LogP contribution in [0, 0.1) is 0 Å². The van der Waals surface area contributed by atoms with E-state index < -0.39 is 6.10 Å². The van der Waals surface area contributed by atoms with Crippen LogP contribution in [0.2, 0.25) is 0 Å². The van der Waals surface area contributed by atoms with Crippen LogP contribution >= 0.6 is 0 Å². The Morgan fingerprint density at radius 2 is 2.38 bits per heavy atom. The molecule has 0 saturated carbocycles. The van der Waals surface area contributed by atoms with Gasteiger partial charge in [-0.1, -0.05) is 12.1 Å². The van der Waals surface area contributed by atoms with Crippen molar-refractivity contribution >= 4 is 0 Å². The molecule has 0 spiro atoms. The predicted octanol–water partition coefficient (Wildman–Crippen LogP) is 2.30. The van der Waals surface area contributed by atoms with Crippen LogP contribution in [0.5, 0.6) is 5.75 Å². The van der Waals surface area contributed by atoms with E-state index in [2.05, 4.69) is 0 Å². The molecule has 1 N–H and O–H groups in total. The van der Waals surface area contributed by atoms with Gasteiger partial charge >= 0.3 is 0 Å². The zero-order valence-electron chi connectivity index (χ0n) is 9.56. The van der Waals surface area contributed by atoms with Crippen LogP contribution in [-0.2, 0) is 4.74 Å². The van der Waals surface area contributed by atoms with Crippen molar-refractivity contribution in [2.75, 3.05) is 13.2 Å². The highest BCUT2D eigenvalue weighted by Crippen LogP contribution is 2.26. The maximum absolute atomic E-state index is 9.98. The summed E-state index contributed by atoms with van der Waals surface area (Å²) in [4.78, 5) is 0. The average Bonchev–Trinajstić information content (AvgIpc) is 3.10. The fourth-order valence-corrected chi connectivity index (χ4v) is 1.72. The largest absolute Gasteiger partial charge is 0.494 e. The molecule has 16 heavy (non-hydrogen) atoms. The molecule has 0 aliphatic carbocycles. The molecule has 2 atom stereocenters. The molecule has 3 nitrogen and oxygen atoms in total. The van der Waals surface area contributed by atoms with Crippen molar-refractivity contribution in [1.29, 1.82) is 0 Å². The SMILES string of the molecule is CCOc1cccc(C(O)CCC2CO2)c1. The number of aliphatic hydroxyl groups excluding tert-OH is 1. The lowest BCUT2D eigenvalue weighted by Crippen LogP contribution is -2.00. The molecule has 0 bridgehead atoms. The van der Waals surface area contributed by atoms with Gasteiger partial charge in [-0.3, -0.25) is 0 Å². The number of epoxide rings is 1. The number of hydrogen-bond donors (Lipinski definition) is 1.